The summed E-state index contributed by atoms with van der Waals surface area (Å²) in [7, 11) is 0. The van der Waals surface area contributed by atoms with Crippen molar-refractivity contribution >= 4 is 11.8 Å². The largest absolute Gasteiger partial charge is 0.464 e. The van der Waals surface area contributed by atoms with Gasteiger partial charge in [0.25, 0.3) is 6.20 Å². The predicted octanol–water partition coefficient (Wildman–Crippen LogP) is 2.14. The molecule has 0 radical (unpaired) electrons. The molecule has 1 aromatic heterocycles. The standard InChI is InChI=1S/C20H26N4O3S/c1-2-5-21-18(11-24(25)26)22-6-7-28-12-15-4-3-14(27-15)10-23-20-13-8-16-17(9-13)19(16)20/h1,3-4,11,13,16-17,19-23H,5-10,12H2/b18-11+. The molecule has 3 N–H and O–H groups in total. The summed E-state index contributed by atoms with van der Waals surface area (Å²) in [4.78, 5) is 10.1. The molecule has 8 heteroatoms. The van der Waals surface area contributed by atoms with Gasteiger partial charge in [-0.15, -0.1) is 6.42 Å². The summed E-state index contributed by atoms with van der Waals surface area (Å²) in [6.45, 7) is 1.66. The van der Waals surface area contributed by atoms with Crippen LogP contribution in [0.25, 0.3) is 0 Å². The van der Waals surface area contributed by atoms with Gasteiger partial charge in [0.1, 0.15) is 11.5 Å². The predicted molar refractivity (Wildman–Crippen MR) is 109 cm³/mol. The van der Waals surface area contributed by atoms with Crippen LogP contribution in [0.3, 0.4) is 0 Å². The van der Waals surface area contributed by atoms with E-state index in [1.165, 1.54) is 12.8 Å². The van der Waals surface area contributed by atoms with Gasteiger partial charge in [0.05, 0.1) is 23.8 Å². The molecular formula is C20H26N4O3S. The molecule has 1 aromatic rings. The molecule has 0 aliphatic heterocycles. The molecule has 1 heterocycles. The fraction of sp³-hybridized carbons (Fsp3) is 0.600. The number of hydrogen-bond acceptors (Lipinski definition) is 7. The molecule has 150 valence electrons. The van der Waals surface area contributed by atoms with Crippen molar-refractivity contribution in [2.75, 3.05) is 18.8 Å². The van der Waals surface area contributed by atoms with Gasteiger partial charge in [-0.2, -0.15) is 11.8 Å². The van der Waals surface area contributed by atoms with Gasteiger partial charge >= 0.3 is 0 Å². The van der Waals surface area contributed by atoms with E-state index in [0.29, 0.717) is 18.4 Å². The Labute approximate surface area is 169 Å². The molecular weight excluding hydrogens is 376 g/mol. The van der Waals surface area contributed by atoms with E-state index < -0.39 is 4.92 Å². The zero-order valence-electron chi connectivity index (χ0n) is 15.7. The third-order valence-electron chi connectivity index (χ3n) is 6.12. The number of rotatable bonds is 12. The van der Waals surface area contributed by atoms with Gasteiger partial charge < -0.3 is 20.4 Å². The van der Waals surface area contributed by atoms with Gasteiger partial charge in [-0.05, 0) is 48.6 Å². The molecule has 4 bridgehead atoms. The van der Waals surface area contributed by atoms with Crippen LogP contribution in [0, 0.1) is 46.1 Å². The van der Waals surface area contributed by atoms with E-state index in [1.807, 2.05) is 6.07 Å². The van der Waals surface area contributed by atoms with Crippen molar-refractivity contribution in [3.05, 3.63) is 45.8 Å². The van der Waals surface area contributed by atoms with E-state index >= 15 is 0 Å². The molecule has 28 heavy (non-hydrogen) atoms. The van der Waals surface area contributed by atoms with Crippen molar-refractivity contribution in [1.29, 1.82) is 0 Å². The van der Waals surface area contributed by atoms with E-state index in [9.17, 15) is 10.1 Å². The third-order valence-corrected chi connectivity index (χ3v) is 7.10. The van der Waals surface area contributed by atoms with Gasteiger partial charge in [-0.3, -0.25) is 10.1 Å². The Balaban J connectivity index is 1.12. The highest BCUT2D eigenvalue weighted by Crippen LogP contribution is 2.70. The minimum atomic E-state index is -0.504. The number of hydrogen-bond donors (Lipinski definition) is 3. The van der Waals surface area contributed by atoms with Gasteiger partial charge in [-0.1, -0.05) is 5.92 Å². The lowest BCUT2D eigenvalue weighted by Crippen LogP contribution is -2.31. The Kier molecular flexibility index (Phi) is 5.83. The molecule has 3 atom stereocenters. The topological polar surface area (TPSA) is 92.4 Å². The maximum Gasteiger partial charge on any atom is 0.274 e. The minimum Gasteiger partial charge on any atom is -0.464 e. The Bertz CT molecular complexity index is 773. The highest BCUT2D eigenvalue weighted by atomic mass is 32.2. The summed E-state index contributed by atoms with van der Waals surface area (Å²) in [5.41, 5.74) is 0. The van der Waals surface area contributed by atoms with Crippen molar-refractivity contribution in [3.63, 3.8) is 0 Å². The molecule has 3 unspecified atom stereocenters. The first-order valence-electron chi connectivity index (χ1n) is 9.81. The average Bonchev–Trinajstić information content (AvgIpc) is 3.17. The lowest BCUT2D eigenvalue weighted by molar-refractivity contribution is -0.404. The van der Waals surface area contributed by atoms with Crippen LogP contribution < -0.4 is 16.0 Å². The molecule has 0 amide bonds. The maximum atomic E-state index is 10.6. The summed E-state index contributed by atoms with van der Waals surface area (Å²) in [5, 5.41) is 20.1. The maximum absolute atomic E-state index is 10.6. The van der Waals surface area contributed by atoms with Crippen molar-refractivity contribution in [2.24, 2.45) is 23.7 Å². The number of thioether (sulfide) groups is 1. The first-order valence-corrected chi connectivity index (χ1v) is 11.0. The summed E-state index contributed by atoms with van der Waals surface area (Å²) >= 11 is 1.72. The van der Waals surface area contributed by atoms with Crippen molar-refractivity contribution in [1.82, 2.24) is 16.0 Å². The summed E-state index contributed by atoms with van der Waals surface area (Å²) in [6.07, 6.45) is 8.95. The highest BCUT2D eigenvalue weighted by Gasteiger charge is 2.68. The van der Waals surface area contributed by atoms with Crippen LogP contribution in [-0.4, -0.2) is 29.8 Å². The Morgan fingerprint density at radius 1 is 1.36 bits per heavy atom. The number of furan rings is 1. The van der Waals surface area contributed by atoms with Gasteiger partial charge in [0.15, 0.2) is 5.82 Å². The fourth-order valence-corrected chi connectivity index (χ4v) is 5.77. The van der Waals surface area contributed by atoms with Crippen LogP contribution in [0.5, 0.6) is 0 Å². The Morgan fingerprint density at radius 2 is 2.14 bits per heavy atom. The molecule has 7 nitrogen and oxygen atoms in total. The van der Waals surface area contributed by atoms with Crippen LogP contribution in [0.4, 0.5) is 0 Å². The second kappa shape index (κ2) is 8.50. The smallest absolute Gasteiger partial charge is 0.274 e. The van der Waals surface area contributed by atoms with E-state index in [4.69, 9.17) is 10.8 Å². The normalized spacial score (nSPS) is 29.5. The molecule has 0 saturated heterocycles. The van der Waals surface area contributed by atoms with Crippen LogP contribution in [0.15, 0.2) is 28.6 Å². The molecule has 5 rings (SSSR count). The van der Waals surface area contributed by atoms with Crippen molar-refractivity contribution < 1.29 is 9.34 Å². The van der Waals surface area contributed by atoms with Crippen molar-refractivity contribution in [2.45, 2.75) is 31.2 Å². The summed E-state index contributed by atoms with van der Waals surface area (Å²) in [6, 6.07) is 4.82. The van der Waals surface area contributed by atoms with E-state index in [2.05, 4.69) is 27.9 Å². The number of nitrogens with one attached hydrogen (secondary N) is 3. The second-order valence-electron chi connectivity index (χ2n) is 7.78. The summed E-state index contributed by atoms with van der Waals surface area (Å²) in [5.74, 6) is 10.2. The molecule has 4 aliphatic carbocycles. The molecule has 4 aliphatic rings. The first-order chi connectivity index (χ1) is 13.7. The van der Waals surface area contributed by atoms with Crippen LogP contribution in [0.1, 0.15) is 24.4 Å². The van der Waals surface area contributed by atoms with E-state index in [1.54, 1.807) is 11.8 Å². The van der Waals surface area contributed by atoms with E-state index in [0.717, 1.165) is 59.4 Å². The first kappa shape index (κ1) is 19.2. The van der Waals surface area contributed by atoms with Gasteiger partial charge in [-0.25, -0.2) is 0 Å². The highest BCUT2D eigenvalue weighted by molar-refractivity contribution is 7.98. The third kappa shape index (κ3) is 4.31. The Hall–Kier alpha value is -2.11. The average molecular weight is 403 g/mol. The Morgan fingerprint density at radius 3 is 2.82 bits per heavy atom. The second-order valence-corrected chi connectivity index (χ2v) is 8.88. The zero-order chi connectivity index (χ0) is 19.5. The van der Waals surface area contributed by atoms with Gasteiger partial charge in [0, 0.05) is 18.3 Å². The monoisotopic (exact) mass is 402 g/mol. The molecule has 0 aromatic carbocycles. The number of terminal acetylenes is 1. The van der Waals surface area contributed by atoms with Gasteiger partial charge in [0.2, 0.25) is 0 Å². The molecule has 4 fully saturated rings. The quantitative estimate of drug-likeness (QED) is 0.213. The number of nitrogens with zero attached hydrogens (tertiary/aromatic N) is 1. The fourth-order valence-electron chi connectivity index (χ4n) is 5.03. The van der Waals surface area contributed by atoms with Crippen LogP contribution in [-0.2, 0) is 12.3 Å². The lowest BCUT2D eigenvalue weighted by atomic mass is 10.1. The summed E-state index contributed by atoms with van der Waals surface area (Å²) < 4.78 is 5.94. The van der Waals surface area contributed by atoms with Crippen LogP contribution in [0.2, 0.25) is 0 Å². The zero-order valence-corrected chi connectivity index (χ0v) is 16.5. The number of nitro groups is 1. The minimum absolute atomic E-state index is 0.243. The lowest BCUT2D eigenvalue weighted by Gasteiger charge is -2.15. The SMILES string of the molecule is C#CCN/C(=C\[N+](=O)[O-])NCCSCc1ccc(CNC2C3CC4C(C3)C42)o1. The van der Waals surface area contributed by atoms with Crippen LogP contribution >= 0.6 is 11.8 Å². The van der Waals surface area contributed by atoms with E-state index in [-0.39, 0.29) is 6.54 Å². The van der Waals surface area contributed by atoms with Crippen molar-refractivity contribution in [3.8, 4) is 12.3 Å². The molecule has 4 saturated carbocycles. The molecule has 0 spiro atoms.